The fourth-order valence-electron chi connectivity index (χ4n) is 4.16. The lowest BCUT2D eigenvalue weighted by atomic mass is 10.1. The number of aliphatic imine (C=N–C) groups is 1. The van der Waals surface area contributed by atoms with Gasteiger partial charge in [0.1, 0.15) is 6.61 Å². The van der Waals surface area contributed by atoms with Crippen LogP contribution in [0, 0.1) is 13.8 Å². The molecule has 1 saturated heterocycles. The minimum absolute atomic E-state index is 0.127. The number of carbonyl (C=O) groups excluding carboxylic acids is 1. The summed E-state index contributed by atoms with van der Waals surface area (Å²) in [7, 11) is 0. The highest BCUT2D eigenvalue weighted by molar-refractivity contribution is 9.10. The summed E-state index contributed by atoms with van der Waals surface area (Å²) in [5, 5.41) is 0.607. The molecule has 0 saturated carbocycles. The molecule has 0 atom stereocenters. The quantitative estimate of drug-likeness (QED) is 0.186. The molecule has 1 fully saturated rings. The largest absolute Gasteiger partial charge is 0.490 e. The number of amides is 1. The lowest BCUT2D eigenvalue weighted by Gasteiger charge is -2.16. The fraction of sp³-hybridized carbons (Fsp3) is 0.152. The van der Waals surface area contributed by atoms with Gasteiger partial charge >= 0.3 is 0 Å². The van der Waals surface area contributed by atoms with Crippen molar-refractivity contribution >= 4 is 56.2 Å². The van der Waals surface area contributed by atoms with E-state index in [0.29, 0.717) is 34.8 Å². The van der Waals surface area contributed by atoms with Crippen LogP contribution >= 0.6 is 27.7 Å². The normalized spacial score (nSPS) is 15.2. The zero-order valence-corrected chi connectivity index (χ0v) is 25.0. The summed E-state index contributed by atoms with van der Waals surface area (Å²) in [5.74, 6) is 1.11. The first-order valence-electron chi connectivity index (χ1n) is 13.0. The summed E-state index contributed by atoms with van der Waals surface area (Å²) in [4.78, 5) is 20.8. The van der Waals surface area contributed by atoms with Crippen LogP contribution in [0.15, 0.2) is 105 Å². The highest BCUT2D eigenvalue weighted by Crippen LogP contribution is 2.41. The van der Waals surface area contributed by atoms with Crippen LogP contribution in [0.1, 0.15) is 29.2 Å². The summed E-state index contributed by atoms with van der Waals surface area (Å²) in [6, 6.07) is 29.7. The molecule has 4 aromatic carbocycles. The number of halogens is 1. The third kappa shape index (κ3) is 6.49. The van der Waals surface area contributed by atoms with Crippen molar-refractivity contribution in [3.63, 3.8) is 0 Å². The third-order valence-electron chi connectivity index (χ3n) is 6.21. The van der Waals surface area contributed by atoms with Crippen LogP contribution in [0.5, 0.6) is 11.5 Å². The van der Waals surface area contributed by atoms with Gasteiger partial charge in [-0.15, -0.1) is 0 Å². The van der Waals surface area contributed by atoms with Crippen molar-refractivity contribution in [1.82, 2.24) is 0 Å². The Kier molecular flexibility index (Phi) is 8.72. The van der Waals surface area contributed by atoms with E-state index in [0.717, 1.165) is 38.1 Å². The fourth-order valence-corrected chi connectivity index (χ4v) is 5.73. The van der Waals surface area contributed by atoms with Crippen LogP contribution in [0.4, 0.5) is 11.4 Å². The SMILES string of the molecule is CCOc1cc(/C=C2\SC(=Nc3ccc(C)cc3)N(c3ccc(C)cc3)C2=O)cc(Br)c1OCc1ccccc1. The van der Waals surface area contributed by atoms with Gasteiger partial charge in [-0.05, 0) is 102 Å². The number of thioether (sulfide) groups is 1. The molecular weight excluding hydrogens is 584 g/mol. The minimum Gasteiger partial charge on any atom is -0.490 e. The van der Waals surface area contributed by atoms with Gasteiger partial charge in [-0.1, -0.05) is 65.7 Å². The first-order valence-corrected chi connectivity index (χ1v) is 14.6. The molecule has 0 aromatic heterocycles. The number of nitrogens with zero attached hydrogens (tertiary/aromatic N) is 2. The third-order valence-corrected chi connectivity index (χ3v) is 7.77. The van der Waals surface area contributed by atoms with Gasteiger partial charge in [0.15, 0.2) is 16.7 Å². The molecule has 0 radical (unpaired) electrons. The number of hydrogen-bond donors (Lipinski definition) is 0. The van der Waals surface area contributed by atoms with Crippen molar-refractivity contribution in [1.29, 1.82) is 0 Å². The average Bonchev–Trinajstić information content (AvgIpc) is 3.24. The molecule has 1 aliphatic rings. The van der Waals surface area contributed by atoms with E-state index in [4.69, 9.17) is 14.5 Å². The van der Waals surface area contributed by atoms with Gasteiger partial charge in [-0.2, -0.15) is 0 Å². The Balaban J connectivity index is 1.49. The van der Waals surface area contributed by atoms with E-state index in [1.54, 1.807) is 4.90 Å². The number of ether oxygens (including phenoxy) is 2. The van der Waals surface area contributed by atoms with Crippen LogP contribution in [-0.4, -0.2) is 17.7 Å². The molecule has 4 aromatic rings. The number of anilines is 1. The van der Waals surface area contributed by atoms with E-state index in [2.05, 4.69) is 15.9 Å². The lowest BCUT2D eigenvalue weighted by Crippen LogP contribution is -2.28. The molecule has 0 spiro atoms. The minimum atomic E-state index is -0.127. The number of amidine groups is 1. The second-order valence-corrected chi connectivity index (χ2v) is 11.2. The van der Waals surface area contributed by atoms with Crippen molar-refractivity contribution in [2.24, 2.45) is 4.99 Å². The summed E-state index contributed by atoms with van der Waals surface area (Å²) in [6.07, 6.45) is 1.88. The second-order valence-electron chi connectivity index (χ2n) is 9.35. The summed E-state index contributed by atoms with van der Waals surface area (Å²) >= 11 is 5.02. The molecular formula is C33H29BrN2O3S. The van der Waals surface area contributed by atoms with E-state index in [1.807, 2.05) is 118 Å². The predicted molar refractivity (Wildman–Crippen MR) is 169 cm³/mol. The van der Waals surface area contributed by atoms with Gasteiger partial charge in [-0.3, -0.25) is 9.69 Å². The zero-order chi connectivity index (χ0) is 28.1. The summed E-state index contributed by atoms with van der Waals surface area (Å²) in [6.45, 7) is 6.90. The Morgan fingerprint density at radius 3 is 2.25 bits per heavy atom. The molecule has 0 aliphatic carbocycles. The van der Waals surface area contributed by atoms with Gasteiger partial charge < -0.3 is 9.47 Å². The Hall–Kier alpha value is -3.81. The molecule has 5 rings (SSSR count). The number of rotatable bonds is 8. The molecule has 5 nitrogen and oxygen atoms in total. The monoisotopic (exact) mass is 612 g/mol. The molecule has 0 bridgehead atoms. The predicted octanol–water partition coefficient (Wildman–Crippen LogP) is 8.85. The van der Waals surface area contributed by atoms with Gasteiger partial charge in [0, 0.05) is 0 Å². The van der Waals surface area contributed by atoms with Crippen LogP contribution in [0.2, 0.25) is 0 Å². The average molecular weight is 614 g/mol. The standard InChI is InChI=1S/C33H29BrN2O3S/c1-4-38-29-19-25(18-28(34)31(29)39-21-24-8-6-5-7-9-24)20-30-32(37)36(27-16-12-23(3)13-17-27)33(40-30)35-26-14-10-22(2)11-15-26/h5-20H,4,21H2,1-3H3/b30-20-,35-33?. The van der Waals surface area contributed by atoms with Crippen LogP contribution in [0.25, 0.3) is 6.08 Å². The zero-order valence-electron chi connectivity index (χ0n) is 22.6. The molecule has 202 valence electrons. The van der Waals surface area contributed by atoms with Crippen LogP contribution in [0.3, 0.4) is 0 Å². The first-order chi connectivity index (χ1) is 19.4. The Morgan fingerprint density at radius 2 is 1.57 bits per heavy atom. The number of benzene rings is 4. The van der Waals surface area contributed by atoms with E-state index in [-0.39, 0.29) is 5.91 Å². The van der Waals surface area contributed by atoms with Gasteiger partial charge in [0.2, 0.25) is 0 Å². The molecule has 0 unspecified atom stereocenters. The molecule has 1 aliphatic heterocycles. The topological polar surface area (TPSA) is 51.1 Å². The van der Waals surface area contributed by atoms with E-state index in [1.165, 1.54) is 11.8 Å². The van der Waals surface area contributed by atoms with Crippen LogP contribution in [-0.2, 0) is 11.4 Å². The van der Waals surface area contributed by atoms with Crippen molar-refractivity contribution in [3.8, 4) is 11.5 Å². The first kappa shape index (κ1) is 27.7. The molecule has 1 amide bonds. The van der Waals surface area contributed by atoms with E-state index in [9.17, 15) is 4.79 Å². The maximum Gasteiger partial charge on any atom is 0.271 e. The Bertz CT molecular complexity index is 1570. The van der Waals surface area contributed by atoms with Gasteiger partial charge in [0.05, 0.1) is 27.4 Å². The highest BCUT2D eigenvalue weighted by atomic mass is 79.9. The Labute approximate surface area is 247 Å². The van der Waals surface area contributed by atoms with Crippen molar-refractivity contribution in [3.05, 3.63) is 123 Å². The van der Waals surface area contributed by atoms with Crippen molar-refractivity contribution in [2.75, 3.05) is 11.5 Å². The lowest BCUT2D eigenvalue weighted by molar-refractivity contribution is -0.113. The van der Waals surface area contributed by atoms with Crippen molar-refractivity contribution in [2.45, 2.75) is 27.4 Å². The highest BCUT2D eigenvalue weighted by Gasteiger charge is 2.35. The smallest absolute Gasteiger partial charge is 0.271 e. The van der Waals surface area contributed by atoms with Crippen LogP contribution < -0.4 is 14.4 Å². The maximum absolute atomic E-state index is 13.8. The summed E-state index contributed by atoms with van der Waals surface area (Å²) < 4.78 is 12.8. The van der Waals surface area contributed by atoms with E-state index >= 15 is 0 Å². The molecule has 40 heavy (non-hydrogen) atoms. The number of aryl methyl sites for hydroxylation is 2. The molecule has 0 N–H and O–H groups in total. The molecule has 7 heteroatoms. The maximum atomic E-state index is 13.8. The summed E-state index contributed by atoms with van der Waals surface area (Å²) in [5.41, 5.74) is 5.73. The van der Waals surface area contributed by atoms with Crippen molar-refractivity contribution < 1.29 is 14.3 Å². The van der Waals surface area contributed by atoms with Gasteiger partial charge in [-0.25, -0.2) is 4.99 Å². The molecule has 1 heterocycles. The van der Waals surface area contributed by atoms with Gasteiger partial charge in [0.25, 0.3) is 5.91 Å². The number of hydrogen-bond acceptors (Lipinski definition) is 5. The van der Waals surface area contributed by atoms with E-state index < -0.39 is 0 Å². The second kappa shape index (κ2) is 12.6. The Morgan fingerprint density at radius 1 is 0.900 bits per heavy atom. The number of carbonyl (C=O) groups is 1.